The molecule has 0 bridgehead atoms. The van der Waals surface area contributed by atoms with Gasteiger partial charge in [0.15, 0.2) is 6.10 Å². The zero-order valence-corrected chi connectivity index (χ0v) is 50.0. The highest BCUT2D eigenvalue weighted by Gasteiger charge is 2.25. The first-order valence-corrected chi connectivity index (χ1v) is 32.4. The molecule has 0 aliphatic carbocycles. The fraction of sp³-hybridized carbons (Fsp3) is 0.923. The van der Waals surface area contributed by atoms with Crippen LogP contribution in [0.3, 0.4) is 0 Å². The van der Waals surface area contributed by atoms with E-state index < -0.39 is 18.4 Å². The molecule has 1 N–H and O–H groups in total. The van der Waals surface area contributed by atoms with Crippen LogP contribution in [0.2, 0.25) is 0 Å². The van der Waals surface area contributed by atoms with Crippen molar-refractivity contribution in [3.05, 3.63) is 12.2 Å². The number of likely N-dealkylation sites (N-methyl/N-ethyl adjacent to an activating group) is 1. The average molecular weight is 1050 g/mol. The van der Waals surface area contributed by atoms with Crippen molar-refractivity contribution in [3.63, 3.8) is 0 Å². The van der Waals surface area contributed by atoms with Gasteiger partial charge in [-0.1, -0.05) is 289 Å². The van der Waals surface area contributed by atoms with Gasteiger partial charge in [-0.2, -0.15) is 0 Å². The zero-order valence-electron chi connectivity index (χ0n) is 50.0. The Morgan fingerprint density at radius 2 is 0.689 bits per heavy atom. The fourth-order valence-corrected chi connectivity index (χ4v) is 9.78. The molecule has 2 unspecified atom stereocenters. The van der Waals surface area contributed by atoms with Gasteiger partial charge in [0.2, 0.25) is 0 Å². The molecule has 0 spiro atoms. The van der Waals surface area contributed by atoms with Crippen LogP contribution in [-0.2, 0) is 33.3 Å². The van der Waals surface area contributed by atoms with Crippen LogP contribution < -0.4 is 0 Å². The largest absolute Gasteiger partial charge is 0.477 e. The maximum atomic E-state index is 12.9. The number of carbonyl (C=O) groups excluding carboxylic acids is 2. The van der Waals surface area contributed by atoms with Crippen LogP contribution in [0.25, 0.3) is 0 Å². The first kappa shape index (κ1) is 72.0. The number of nitrogens with zero attached hydrogens (tertiary/aromatic N) is 1. The summed E-state index contributed by atoms with van der Waals surface area (Å²) in [5.74, 6) is -1.97. The van der Waals surface area contributed by atoms with Crippen molar-refractivity contribution in [2.45, 2.75) is 341 Å². The van der Waals surface area contributed by atoms with E-state index >= 15 is 0 Å². The van der Waals surface area contributed by atoms with Crippen molar-refractivity contribution < 1.29 is 42.9 Å². The lowest BCUT2D eigenvalue weighted by Gasteiger charge is -2.25. The average Bonchev–Trinajstić information content (AvgIpc) is 3.37. The second-order valence-corrected chi connectivity index (χ2v) is 23.4. The van der Waals surface area contributed by atoms with Gasteiger partial charge in [-0.25, -0.2) is 4.79 Å². The molecule has 0 heterocycles. The number of aliphatic carboxylic acids is 1. The number of unbranched alkanes of at least 4 members (excludes halogenated alkanes) is 44. The van der Waals surface area contributed by atoms with Crippen molar-refractivity contribution >= 4 is 17.9 Å². The van der Waals surface area contributed by atoms with Crippen LogP contribution in [0, 0.1) is 0 Å². The Hall–Kier alpha value is -1.97. The molecule has 9 heteroatoms. The Bertz CT molecular complexity index is 1220. The fourth-order valence-electron chi connectivity index (χ4n) is 9.78. The smallest absolute Gasteiger partial charge is 0.361 e. The number of carboxylic acids is 1. The van der Waals surface area contributed by atoms with Crippen LogP contribution in [0.4, 0.5) is 0 Å². The van der Waals surface area contributed by atoms with Gasteiger partial charge in [-0.05, 0) is 38.5 Å². The molecule has 0 fully saturated rings. The number of carbonyl (C=O) groups is 3. The lowest BCUT2D eigenvalue weighted by atomic mass is 10.0. The lowest BCUT2D eigenvalue weighted by molar-refractivity contribution is -0.870. The van der Waals surface area contributed by atoms with Gasteiger partial charge in [0.1, 0.15) is 13.2 Å². The number of carboxylic acid groups (broad SMARTS) is 1. The van der Waals surface area contributed by atoms with Crippen molar-refractivity contribution in [3.8, 4) is 0 Å². The molecule has 0 aromatic carbocycles. The number of esters is 2. The van der Waals surface area contributed by atoms with E-state index in [0.29, 0.717) is 17.4 Å². The van der Waals surface area contributed by atoms with Gasteiger partial charge < -0.3 is 28.5 Å². The minimum Gasteiger partial charge on any atom is -0.477 e. The summed E-state index contributed by atoms with van der Waals surface area (Å²) in [5.41, 5.74) is 0. The summed E-state index contributed by atoms with van der Waals surface area (Å²) in [5, 5.41) is 9.72. The molecule has 0 saturated heterocycles. The molecule has 9 nitrogen and oxygen atoms in total. The maximum absolute atomic E-state index is 12.9. The topological polar surface area (TPSA) is 108 Å². The molecular formula is C65H126NO8+. The van der Waals surface area contributed by atoms with Gasteiger partial charge in [-0.3, -0.25) is 9.59 Å². The van der Waals surface area contributed by atoms with Gasteiger partial charge in [0.25, 0.3) is 6.29 Å². The second-order valence-electron chi connectivity index (χ2n) is 23.4. The molecule has 0 saturated carbocycles. The Labute approximate surface area is 459 Å². The summed E-state index contributed by atoms with van der Waals surface area (Å²) >= 11 is 0. The van der Waals surface area contributed by atoms with E-state index in [4.69, 9.17) is 18.9 Å². The molecular weight excluding hydrogens is 923 g/mol. The highest BCUT2D eigenvalue weighted by atomic mass is 16.7. The lowest BCUT2D eigenvalue weighted by Crippen LogP contribution is -2.40. The van der Waals surface area contributed by atoms with Gasteiger partial charge in [0, 0.05) is 12.8 Å². The monoisotopic (exact) mass is 1050 g/mol. The first-order chi connectivity index (χ1) is 36.1. The third kappa shape index (κ3) is 57.7. The standard InChI is InChI=1S/C65H125NO8/c1-6-8-10-12-14-16-18-20-22-24-26-28-29-30-31-32-33-34-35-36-38-40-42-44-46-48-50-52-54-56-63(68)74-61(60-73-65(64(69)70)71-58-57-66(3,4)5)59-72-62(67)55-53-51-49-47-45-43-41-39-37-27-25-23-21-19-17-15-13-11-9-7-2/h24,26,61,65H,6-23,25,27-60H2,1-5H3/p+1/b26-24-. The van der Waals surface area contributed by atoms with E-state index in [2.05, 4.69) is 26.0 Å². The Balaban J connectivity index is 4.10. The predicted octanol–water partition coefficient (Wildman–Crippen LogP) is 19.3. The summed E-state index contributed by atoms with van der Waals surface area (Å²) in [6.07, 6.45) is 64.5. The van der Waals surface area contributed by atoms with Crippen LogP contribution >= 0.6 is 0 Å². The zero-order chi connectivity index (χ0) is 54.1. The minimum atomic E-state index is -1.50. The Morgan fingerprint density at radius 3 is 1.00 bits per heavy atom. The van der Waals surface area contributed by atoms with Gasteiger partial charge >= 0.3 is 17.9 Å². The normalized spacial score (nSPS) is 12.7. The van der Waals surface area contributed by atoms with Crippen LogP contribution in [0.1, 0.15) is 328 Å². The van der Waals surface area contributed by atoms with E-state index in [1.54, 1.807) is 0 Å². The summed E-state index contributed by atoms with van der Waals surface area (Å²) in [7, 11) is 5.99. The third-order valence-corrected chi connectivity index (χ3v) is 14.8. The summed E-state index contributed by atoms with van der Waals surface area (Å²) in [6, 6.07) is 0. The first-order valence-electron chi connectivity index (χ1n) is 32.4. The van der Waals surface area contributed by atoms with Crippen LogP contribution in [0.5, 0.6) is 0 Å². The Morgan fingerprint density at radius 1 is 0.392 bits per heavy atom. The summed E-state index contributed by atoms with van der Waals surface area (Å²) in [4.78, 5) is 37.5. The van der Waals surface area contributed by atoms with E-state index in [9.17, 15) is 19.5 Å². The van der Waals surface area contributed by atoms with Crippen molar-refractivity contribution in [1.82, 2.24) is 0 Å². The molecule has 2 atom stereocenters. The number of rotatable bonds is 61. The third-order valence-electron chi connectivity index (χ3n) is 14.8. The summed E-state index contributed by atoms with van der Waals surface area (Å²) < 4.78 is 23.0. The second kappa shape index (κ2) is 57.2. The van der Waals surface area contributed by atoms with Gasteiger partial charge in [0.05, 0.1) is 34.4 Å². The SMILES string of the molecule is CCCCCCCCCC/C=C\CCCCCCCCCCCCCCCCCCCC(=O)OC(COC(=O)CCCCCCCCCCCCCCCCCCCCCC)COC(OCC[N+](C)(C)C)C(=O)O. The molecule has 0 aromatic rings. The molecule has 0 rings (SSSR count). The molecule has 0 radical (unpaired) electrons. The number of allylic oxidation sites excluding steroid dienone is 2. The van der Waals surface area contributed by atoms with E-state index in [1.807, 2.05) is 21.1 Å². The van der Waals surface area contributed by atoms with Crippen LogP contribution in [-0.4, -0.2) is 87.4 Å². The van der Waals surface area contributed by atoms with Crippen LogP contribution in [0.15, 0.2) is 12.2 Å². The number of hydrogen-bond acceptors (Lipinski definition) is 7. The predicted molar refractivity (Wildman–Crippen MR) is 314 cm³/mol. The van der Waals surface area contributed by atoms with E-state index in [0.717, 1.165) is 38.5 Å². The number of hydrogen-bond donors (Lipinski definition) is 1. The minimum absolute atomic E-state index is 0.174. The quantitative estimate of drug-likeness (QED) is 0.0211. The molecule has 74 heavy (non-hydrogen) atoms. The van der Waals surface area contributed by atoms with E-state index in [-0.39, 0.29) is 38.2 Å². The Kier molecular flexibility index (Phi) is 55.7. The molecule has 0 amide bonds. The number of ether oxygens (including phenoxy) is 4. The number of quaternary nitrogens is 1. The van der Waals surface area contributed by atoms with Crippen molar-refractivity contribution in [2.24, 2.45) is 0 Å². The molecule has 0 aromatic heterocycles. The van der Waals surface area contributed by atoms with Gasteiger partial charge in [-0.15, -0.1) is 0 Å². The highest BCUT2D eigenvalue weighted by Crippen LogP contribution is 2.18. The highest BCUT2D eigenvalue weighted by molar-refractivity contribution is 5.71. The van der Waals surface area contributed by atoms with Crippen molar-refractivity contribution in [1.29, 1.82) is 0 Å². The summed E-state index contributed by atoms with van der Waals surface area (Å²) in [6.45, 7) is 4.95. The van der Waals surface area contributed by atoms with Crippen molar-refractivity contribution in [2.75, 3.05) is 47.5 Å². The molecule has 0 aliphatic rings. The van der Waals surface area contributed by atoms with E-state index in [1.165, 1.54) is 263 Å². The molecule has 0 aliphatic heterocycles. The molecule has 438 valence electrons. The maximum Gasteiger partial charge on any atom is 0.361 e.